The molecule has 1 heterocycles. The van der Waals surface area contributed by atoms with Gasteiger partial charge >= 0.3 is 0 Å². The number of aromatic nitrogens is 2. The average Bonchev–Trinajstić information content (AvgIpc) is 2.75. The lowest BCUT2D eigenvalue weighted by Gasteiger charge is -2.08. The van der Waals surface area contributed by atoms with Gasteiger partial charge in [-0.1, -0.05) is 0 Å². The van der Waals surface area contributed by atoms with Gasteiger partial charge in [0.25, 0.3) is 0 Å². The van der Waals surface area contributed by atoms with Crippen LogP contribution in [0.2, 0.25) is 0 Å². The lowest BCUT2D eigenvalue weighted by molar-refractivity contribution is 0.352. The Bertz CT molecular complexity index is 652. The maximum atomic E-state index is 13.9. The summed E-state index contributed by atoms with van der Waals surface area (Å²) in [7, 11) is 2.92. The number of hydrogen-bond acceptors (Lipinski definition) is 5. The molecular formula is C13H15FN4O2. The van der Waals surface area contributed by atoms with Gasteiger partial charge in [-0.15, -0.1) is 0 Å². The van der Waals surface area contributed by atoms with Crippen LogP contribution in [-0.2, 0) is 0 Å². The minimum absolute atomic E-state index is 0.236. The summed E-state index contributed by atoms with van der Waals surface area (Å²) in [5, 5.41) is 4.06. The lowest BCUT2D eigenvalue weighted by Crippen LogP contribution is -1.99. The molecule has 0 spiro atoms. The van der Waals surface area contributed by atoms with E-state index in [0.29, 0.717) is 11.5 Å². The van der Waals surface area contributed by atoms with E-state index < -0.39 is 5.82 Å². The Labute approximate surface area is 115 Å². The molecule has 0 atom stereocenters. The number of hydrogen-bond donors (Lipinski definition) is 1. The smallest absolute Gasteiger partial charge is 0.221 e. The van der Waals surface area contributed by atoms with E-state index in [1.807, 2.05) is 0 Å². The van der Waals surface area contributed by atoms with Crippen molar-refractivity contribution in [2.75, 3.05) is 20.0 Å². The van der Waals surface area contributed by atoms with Crippen molar-refractivity contribution in [3.63, 3.8) is 0 Å². The molecule has 0 fully saturated rings. The van der Waals surface area contributed by atoms with Crippen LogP contribution in [0.5, 0.6) is 11.5 Å². The van der Waals surface area contributed by atoms with E-state index in [1.54, 1.807) is 13.1 Å². The maximum absolute atomic E-state index is 13.9. The predicted molar refractivity (Wildman–Crippen MR) is 73.9 cm³/mol. The Morgan fingerprint density at radius 3 is 2.50 bits per heavy atom. The fourth-order valence-corrected chi connectivity index (χ4v) is 1.69. The number of imidazole rings is 1. The first-order chi connectivity index (χ1) is 9.55. The van der Waals surface area contributed by atoms with Crippen molar-refractivity contribution in [3.05, 3.63) is 35.4 Å². The van der Waals surface area contributed by atoms with Crippen LogP contribution >= 0.6 is 0 Å². The highest BCUT2D eigenvalue weighted by molar-refractivity contribution is 5.81. The third-order valence-corrected chi connectivity index (χ3v) is 2.66. The molecule has 0 aliphatic heterocycles. The molecule has 7 heteroatoms. The molecular weight excluding hydrogens is 263 g/mol. The molecule has 106 valence electrons. The summed E-state index contributed by atoms with van der Waals surface area (Å²) in [4.78, 5) is 4.00. The highest BCUT2D eigenvalue weighted by atomic mass is 19.1. The second-order valence-electron chi connectivity index (χ2n) is 4.06. The molecule has 0 amide bonds. The van der Waals surface area contributed by atoms with Gasteiger partial charge in [-0.2, -0.15) is 5.10 Å². The van der Waals surface area contributed by atoms with Crippen LogP contribution in [0.1, 0.15) is 11.3 Å². The van der Waals surface area contributed by atoms with Crippen molar-refractivity contribution in [1.29, 1.82) is 0 Å². The topological polar surface area (TPSA) is 74.7 Å². The number of nitrogens with two attached hydrogens (primary N) is 1. The third-order valence-electron chi connectivity index (χ3n) is 2.66. The van der Waals surface area contributed by atoms with Crippen LogP contribution in [0.4, 0.5) is 10.3 Å². The van der Waals surface area contributed by atoms with Crippen LogP contribution in [0.3, 0.4) is 0 Å². The quantitative estimate of drug-likeness (QED) is 0.865. The van der Waals surface area contributed by atoms with Gasteiger partial charge < -0.3 is 15.2 Å². The Morgan fingerprint density at radius 2 is 1.95 bits per heavy atom. The Morgan fingerprint density at radius 1 is 1.30 bits per heavy atom. The number of nitrogen functional groups attached to an aromatic ring is 1. The molecule has 0 bridgehead atoms. The lowest BCUT2D eigenvalue weighted by atomic mass is 10.2. The first-order valence-electron chi connectivity index (χ1n) is 5.82. The zero-order valence-corrected chi connectivity index (χ0v) is 11.4. The van der Waals surface area contributed by atoms with E-state index in [2.05, 4.69) is 10.1 Å². The number of ether oxygens (including phenoxy) is 2. The first-order valence-corrected chi connectivity index (χ1v) is 5.82. The summed E-state index contributed by atoms with van der Waals surface area (Å²) in [5.74, 6) is 0.506. The molecule has 2 aromatic rings. The van der Waals surface area contributed by atoms with Crippen molar-refractivity contribution < 1.29 is 13.9 Å². The Kier molecular flexibility index (Phi) is 3.88. The molecule has 0 radical (unpaired) electrons. The van der Waals surface area contributed by atoms with E-state index in [4.69, 9.17) is 15.2 Å². The number of rotatable bonds is 4. The normalized spacial score (nSPS) is 11.0. The van der Waals surface area contributed by atoms with Gasteiger partial charge in [-0.05, 0) is 13.0 Å². The molecule has 2 rings (SSSR count). The van der Waals surface area contributed by atoms with Crippen molar-refractivity contribution in [2.24, 2.45) is 5.10 Å². The van der Waals surface area contributed by atoms with E-state index in [1.165, 1.54) is 37.2 Å². The van der Waals surface area contributed by atoms with Gasteiger partial charge in [0.1, 0.15) is 5.82 Å². The number of benzene rings is 1. The van der Waals surface area contributed by atoms with Gasteiger partial charge in [0, 0.05) is 11.6 Å². The molecule has 6 nitrogen and oxygen atoms in total. The third kappa shape index (κ3) is 2.71. The van der Waals surface area contributed by atoms with E-state index in [9.17, 15) is 4.39 Å². The molecule has 0 aliphatic carbocycles. The van der Waals surface area contributed by atoms with Crippen LogP contribution in [-0.4, -0.2) is 30.1 Å². The number of halogens is 1. The van der Waals surface area contributed by atoms with Gasteiger partial charge in [0.05, 0.1) is 32.3 Å². The van der Waals surface area contributed by atoms with Gasteiger partial charge in [0.2, 0.25) is 5.95 Å². The van der Waals surface area contributed by atoms with Crippen LogP contribution in [0, 0.1) is 12.7 Å². The van der Waals surface area contributed by atoms with Crippen LogP contribution < -0.4 is 15.2 Å². The molecule has 0 unspecified atom stereocenters. The van der Waals surface area contributed by atoms with Gasteiger partial charge in [-0.25, -0.2) is 14.1 Å². The second kappa shape index (κ2) is 5.60. The summed E-state index contributed by atoms with van der Waals surface area (Å²) >= 11 is 0. The number of nitrogens with zero attached hydrogens (tertiary/aromatic N) is 3. The summed E-state index contributed by atoms with van der Waals surface area (Å²) in [6.45, 7) is 1.79. The van der Waals surface area contributed by atoms with E-state index in [-0.39, 0.29) is 11.5 Å². The highest BCUT2D eigenvalue weighted by Gasteiger charge is 2.10. The minimum atomic E-state index is -0.471. The molecule has 20 heavy (non-hydrogen) atoms. The predicted octanol–water partition coefficient (Wildman–Crippen LogP) is 1.81. The van der Waals surface area contributed by atoms with Crippen molar-refractivity contribution in [1.82, 2.24) is 9.66 Å². The van der Waals surface area contributed by atoms with Gasteiger partial charge in [-0.3, -0.25) is 0 Å². The number of aryl methyl sites for hydroxylation is 1. The van der Waals surface area contributed by atoms with Crippen LogP contribution in [0.25, 0.3) is 0 Å². The molecule has 0 saturated heterocycles. The minimum Gasteiger partial charge on any atom is -0.493 e. The van der Waals surface area contributed by atoms with E-state index in [0.717, 1.165) is 5.69 Å². The fourth-order valence-electron chi connectivity index (χ4n) is 1.69. The first kappa shape index (κ1) is 13.9. The maximum Gasteiger partial charge on any atom is 0.221 e. The highest BCUT2D eigenvalue weighted by Crippen LogP contribution is 2.29. The van der Waals surface area contributed by atoms with Gasteiger partial charge in [0.15, 0.2) is 11.5 Å². The SMILES string of the molecule is COc1cc(F)c(C=Nn2cc(C)nc2N)cc1OC. The van der Waals surface area contributed by atoms with Crippen molar-refractivity contribution in [2.45, 2.75) is 6.92 Å². The molecule has 0 saturated carbocycles. The second-order valence-corrected chi connectivity index (χ2v) is 4.06. The summed E-state index contributed by atoms with van der Waals surface area (Å²) in [6, 6.07) is 2.74. The largest absolute Gasteiger partial charge is 0.493 e. The molecule has 2 N–H and O–H groups in total. The fraction of sp³-hybridized carbons (Fsp3) is 0.231. The average molecular weight is 278 g/mol. The monoisotopic (exact) mass is 278 g/mol. The molecule has 0 aliphatic rings. The number of methoxy groups -OCH3 is 2. The Hall–Kier alpha value is -2.57. The summed E-state index contributed by atoms with van der Waals surface area (Å²) in [6.07, 6.45) is 2.99. The zero-order chi connectivity index (χ0) is 14.7. The van der Waals surface area contributed by atoms with Crippen molar-refractivity contribution >= 4 is 12.2 Å². The number of anilines is 1. The standard InChI is InChI=1S/C13H15FN4O2/c1-8-7-18(13(15)17-8)16-6-9-4-11(19-2)12(20-3)5-10(9)14/h4-7H,1-3H3,(H2,15,17). The molecule has 1 aromatic carbocycles. The Balaban J connectivity index is 2.36. The van der Waals surface area contributed by atoms with Crippen LogP contribution in [0.15, 0.2) is 23.4 Å². The van der Waals surface area contributed by atoms with Crippen molar-refractivity contribution in [3.8, 4) is 11.5 Å². The molecule has 1 aromatic heterocycles. The summed E-state index contributed by atoms with van der Waals surface area (Å²) < 4.78 is 25.4. The summed E-state index contributed by atoms with van der Waals surface area (Å²) in [5.41, 5.74) is 6.63. The van der Waals surface area contributed by atoms with E-state index >= 15 is 0 Å². The zero-order valence-electron chi connectivity index (χ0n) is 11.4.